The van der Waals surface area contributed by atoms with Gasteiger partial charge < -0.3 is 5.11 Å². The summed E-state index contributed by atoms with van der Waals surface area (Å²) in [5, 5.41) is 9.55. The molecule has 5 heteroatoms. The Balaban J connectivity index is 2.21. The van der Waals surface area contributed by atoms with E-state index in [9.17, 15) is 18.3 Å². The Bertz CT molecular complexity index is 754. The van der Waals surface area contributed by atoms with Gasteiger partial charge in [-0.3, -0.25) is 4.79 Å². The van der Waals surface area contributed by atoms with Crippen LogP contribution in [0.25, 0.3) is 0 Å². The molecule has 4 nitrogen and oxygen atoms in total. The first-order chi connectivity index (χ1) is 10.9. The van der Waals surface area contributed by atoms with Crippen LogP contribution in [0.3, 0.4) is 0 Å². The van der Waals surface area contributed by atoms with Crippen LogP contribution in [0.2, 0.25) is 0 Å². The van der Waals surface area contributed by atoms with Gasteiger partial charge in [-0.05, 0) is 43.9 Å². The molecule has 1 atom stereocenters. The fourth-order valence-electron chi connectivity index (χ4n) is 2.49. The molecular formula is C18H20O4S. The Morgan fingerprint density at radius 1 is 1.00 bits per heavy atom. The van der Waals surface area contributed by atoms with Crippen molar-refractivity contribution in [1.29, 1.82) is 0 Å². The third-order valence-electron chi connectivity index (χ3n) is 4.06. The number of hydrogen-bond donors (Lipinski definition) is 1. The van der Waals surface area contributed by atoms with Gasteiger partial charge in [-0.1, -0.05) is 48.5 Å². The van der Waals surface area contributed by atoms with Gasteiger partial charge in [0.15, 0.2) is 14.6 Å². The van der Waals surface area contributed by atoms with Crippen molar-refractivity contribution in [1.82, 2.24) is 0 Å². The Kier molecular flexibility index (Phi) is 5.21. The van der Waals surface area contributed by atoms with E-state index in [-0.39, 0.29) is 11.3 Å². The van der Waals surface area contributed by atoms with Gasteiger partial charge in [0.05, 0.1) is 4.90 Å². The molecule has 23 heavy (non-hydrogen) atoms. The molecule has 2 aromatic carbocycles. The van der Waals surface area contributed by atoms with Gasteiger partial charge in [-0.2, -0.15) is 0 Å². The Morgan fingerprint density at radius 3 is 2.04 bits per heavy atom. The molecule has 1 N–H and O–H groups in total. The molecule has 0 spiro atoms. The lowest BCUT2D eigenvalue weighted by Crippen LogP contribution is -2.43. The maximum absolute atomic E-state index is 12.8. The molecule has 2 rings (SSSR count). The number of hydrogen-bond acceptors (Lipinski definition) is 3. The number of carboxylic acid groups (broad SMARTS) is 1. The summed E-state index contributed by atoms with van der Waals surface area (Å²) in [4.78, 5) is 11.8. The third kappa shape index (κ3) is 3.62. The van der Waals surface area contributed by atoms with E-state index >= 15 is 0 Å². The average molecular weight is 332 g/mol. The van der Waals surface area contributed by atoms with Gasteiger partial charge in [0, 0.05) is 0 Å². The van der Waals surface area contributed by atoms with Crippen molar-refractivity contribution in [2.45, 2.75) is 35.8 Å². The molecule has 0 saturated heterocycles. The highest BCUT2D eigenvalue weighted by atomic mass is 32.2. The highest BCUT2D eigenvalue weighted by Crippen LogP contribution is 2.31. The summed E-state index contributed by atoms with van der Waals surface area (Å²) in [6.45, 7) is 1.29. The van der Waals surface area contributed by atoms with E-state index in [1.165, 1.54) is 19.1 Å². The van der Waals surface area contributed by atoms with Crippen LogP contribution in [0.1, 0.15) is 25.3 Å². The second-order valence-electron chi connectivity index (χ2n) is 5.69. The number of carboxylic acids is 1. The fraction of sp³-hybridized carbons (Fsp3) is 0.278. The van der Waals surface area contributed by atoms with Crippen molar-refractivity contribution in [3.05, 3.63) is 66.2 Å². The average Bonchev–Trinajstić information content (AvgIpc) is 2.56. The predicted molar refractivity (Wildman–Crippen MR) is 89.0 cm³/mol. The van der Waals surface area contributed by atoms with E-state index in [1.807, 2.05) is 30.3 Å². The highest BCUT2D eigenvalue weighted by molar-refractivity contribution is 7.93. The molecule has 0 aromatic heterocycles. The third-order valence-corrected chi connectivity index (χ3v) is 6.52. The Labute approximate surface area is 136 Å². The lowest BCUT2D eigenvalue weighted by atomic mass is 10.0. The molecule has 0 aliphatic carbocycles. The lowest BCUT2D eigenvalue weighted by molar-refractivity contribution is -0.139. The van der Waals surface area contributed by atoms with Crippen LogP contribution in [0, 0.1) is 0 Å². The fourth-order valence-corrected chi connectivity index (χ4v) is 4.17. The van der Waals surface area contributed by atoms with Crippen LogP contribution >= 0.6 is 0 Å². The maximum Gasteiger partial charge on any atom is 0.325 e. The summed E-state index contributed by atoms with van der Waals surface area (Å²) in [6.07, 6.45) is 1.20. The smallest absolute Gasteiger partial charge is 0.325 e. The van der Waals surface area contributed by atoms with Gasteiger partial charge in [0.1, 0.15) is 0 Å². The Hall–Kier alpha value is -2.14. The second-order valence-corrected chi connectivity index (χ2v) is 8.07. The minimum absolute atomic E-state index is 0.0459. The van der Waals surface area contributed by atoms with Crippen LogP contribution in [0.5, 0.6) is 0 Å². The number of aryl methyl sites for hydroxylation is 1. The number of aliphatic carboxylic acids is 1. The molecule has 0 bridgehead atoms. The topological polar surface area (TPSA) is 71.4 Å². The van der Waals surface area contributed by atoms with E-state index in [1.54, 1.807) is 18.2 Å². The number of rotatable bonds is 7. The summed E-state index contributed by atoms with van der Waals surface area (Å²) in [7, 11) is -3.95. The summed E-state index contributed by atoms with van der Waals surface area (Å²) < 4.78 is 23.7. The van der Waals surface area contributed by atoms with Crippen molar-refractivity contribution < 1.29 is 18.3 Å². The molecule has 0 fully saturated rings. The molecule has 0 aliphatic heterocycles. The zero-order valence-electron chi connectivity index (χ0n) is 13.0. The summed E-state index contributed by atoms with van der Waals surface area (Å²) in [5.41, 5.74) is 1.07. The molecule has 0 radical (unpaired) electrons. The SMILES string of the molecule is CC(CCCc1ccccc1)(C(=O)O)S(=O)(=O)c1ccccc1. The molecule has 0 aliphatic rings. The quantitative estimate of drug-likeness (QED) is 0.844. The van der Waals surface area contributed by atoms with Gasteiger partial charge in [0.25, 0.3) is 0 Å². The molecule has 1 unspecified atom stereocenters. The van der Waals surface area contributed by atoms with Crippen LogP contribution in [0.15, 0.2) is 65.6 Å². The van der Waals surface area contributed by atoms with Gasteiger partial charge in [-0.15, -0.1) is 0 Å². The largest absolute Gasteiger partial charge is 0.480 e. The predicted octanol–water partition coefficient (Wildman–Crippen LogP) is 3.33. The summed E-state index contributed by atoms with van der Waals surface area (Å²) in [5.74, 6) is -1.31. The second kappa shape index (κ2) is 6.96. The first-order valence-corrected chi connectivity index (χ1v) is 8.93. The molecule has 0 heterocycles. The molecular weight excluding hydrogens is 312 g/mol. The van der Waals surface area contributed by atoms with Crippen LogP contribution < -0.4 is 0 Å². The monoisotopic (exact) mass is 332 g/mol. The first kappa shape index (κ1) is 17.2. The van der Waals surface area contributed by atoms with E-state index in [4.69, 9.17) is 0 Å². The lowest BCUT2D eigenvalue weighted by Gasteiger charge is -2.25. The van der Waals surface area contributed by atoms with Crippen molar-refractivity contribution in [2.24, 2.45) is 0 Å². The summed E-state index contributed by atoms with van der Waals surface area (Å²) in [6, 6.07) is 17.4. The molecule has 2 aromatic rings. The van der Waals surface area contributed by atoms with Crippen LogP contribution in [-0.2, 0) is 21.1 Å². The molecule has 122 valence electrons. The maximum atomic E-state index is 12.8. The molecule has 0 amide bonds. The zero-order chi connectivity index (χ0) is 16.9. The van der Waals surface area contributed by atoms with Gasteiger partial charge >= 0.3 is 5.97 Å². The van der Waals surface area contributed by atoms with Crippen molar-refractivity contribution in [3.8, 4) is 0 Å². The first-order valence-electron chi connectivity index (χ1n) is 7.45. The molecule has 0 saturated carbocycles. The minimum Gasteiger partial charge on any atom is -0.480 e. The highest BCUT2D eigenvalue weighted by Gasteiger charge is 2.46. The zero-order valence-corrected chi connectivity index (χ0v) is 13.8. The Morgan fingerprint density at radius 2 is 1.52 bits per heavy atom. The van der Waals surface area contributed by atoms with Crippen LogP contribution in [0.4, 0.5) is 0 Å². The normalized spacial score (nSPS) is 14.1. The number of sulfone groups is 1. The van der Waals surface area contributed by atoms with E-state index in [2.05, 4.69) is 0 Å². The van der Waals surface area contributed by atoms with Crippen molar-refractivity contribution in [2.75, 3.05) is 0 Å². The minimum atomic E-state index is -3.95. The van der Waals surface area contributed by atoms with E-state index in [0.717, 1.165) is 5.56 Å². The van der Waals surface area contributed by atoms with E-state index in [0.29, 0.717) is 12.8 Å². The summed E-state index contributed by atoms with van der Waals surface area (Å²) >= 11 is 0. The number of benzene rings is 2. The van der Waals surface area contributed by atoms with Gasteiger partial charge in [-0.25, -0.2) is 8.42 Å². The standard InChI is InChI=1S/C18H20O4S/c1-18(17(19)20,14-8-11-15-9-4-2-5-10-15)23(21,22)16-12-6-3-7-13-16/h2-7,9-10,12-13H,8,11,14H2,1H3,(H,19,20). The van der Waals surface area contributed by atoms with Crippen LogP contribution in [-0.4, -0.2) is 24.2 Å². The number of carbonyl (C=O) groups is 1. The van der Waals surface area contributed by atoms with Gasteiger partial charge in [0.2, 0.25) is 0 Å². The van der Waals surface area contributed by atoms with E-state index < -0.39 is 20.6 Å². The van der Waals surface area contributed by atoms with Crippen molar-refractivity contribution in [3.63, 3.8) is 0 Å². The van der Waals surface area contributed by atoms with Crippen molar-refractivity contribution >= 4 is 15.8 Å².